The van der Waals surface area contributed by atoms with E-state index in [-0.39, 0.29) is 0 Å². The van der Waals surface area contributed by atoms with E-state index in [1.54, 1.807) is 6.92 Å². The summed E-state index contributed by atoms with van der Waals surface area (Å²) >= 11 is 0. The largest absolute Gasteiger partial charge is 0.389 e. The Balaban J connectivity index is 2.64. The SMILES string of the molecule is CCCCCCn1nc(C)c(C(C)O)c1C. The Labute approximate surface area is 98.5 Å². The molecule has 3 nitrogen and oxygen atoms in total. The van der Waals surface area contributed by atoms with Crippen molar-refractivity contribution < 1.29 is 5.11 Å². The number of hydrogen-bond acceptors (Lipinski definition) is 2. The number of aliphatic hydroxyl groups excluding tert-OH is 1. The normalized spacial score (nSPS) is 13.1. The van der Waals surface area contributed by atoms with E-state index < -0.39 is 6.10 Å². The van der Waals surface area contributed by atoms with Crippen molar-refractivity contribution in [2.75, 3.05) is 0 Å². The molecule has 16 heavy (non-hydrogen) atoms. The van der Waals surface area contributed by atoms with Gasteiger partial charge in [0, 0.05) is 17.8 Å². The average Bonchev–Trinajstić information content (AvgIpc) is 2.49. The van der Waals surface area contributed by atoms with Crippen LogP contribution in [0.5, 0.6) is 0 Å². The molecule has 1 unspecified atom stereocenters. The fraction of sp³-hybridized carbons (Fsp3) is 0.769. The highest BCUT2D eigenvalue weighted by atomic mass is 16.3. The molecule has 1 aromatic heterocycles. The highest BCUT2D eigenvalue weighted by molar-refractivity contribution is 5.26. The lowest BCUT2D eigenvalue weighted by molar-refractivity contribution is 0.197. The van der Waals surface area contributed by atoms with Gasteiger partial charge in [0.15, 0.2) is 0 Å². The molecule has 0 aromatic carbocycles. The van der Waals surface area contributed by atoms with Gasteiger partial charge in [0.1, 0.15) is 0 Å². The van der Waals surface area contributed by atoms with Gasteiger partial charge >= 0.3 is 0 Å². The molecule has 0 saturated carbocycles. The zero-order chi connectivity index (χ0) is 12.1. The number of nitrogens with zero attached hydrogens (tertiary/aromatic N) is 2. The van der Waals surface area contributed by atoms with Gasteiger partial charge in [-0.25, -0.2) is 0 Å². The Kier molecular flexibility index (Phi) is 5.00. The minimum atomic E-state index is -0.413. The van der Waals surface area contributed by atoms with Crippen molar-refractivity contribution in [2.45, 2.75) is 66.0 Å². The van der Waals surface area contributed by atoms with Crippen LogP contribution in [0.3, 0.4) is 0 Å². The second-order valence-electron chi connectivity index (χ2n) is 4.54. The number of hydrogen-bond donors (Lipinski definition) is 1. The molecule has 3 heteroatoms. The molecule has 0 aliphatic rings. The number of aliphatic hydroxyl groups is 1. The van der Waals surface area contributed by atoms with Crippen LogP contribution in [0, 0.1) is 13.8 Å². The Morgan fingerprint density at radius 3 is 2.44 bits per heavy atom. The molecule has 1 rings (SSSR count). The quantitative estimate of drug-likeness (QED) is 0.754. The minimum Gasteiger partial charge on any atom is -0.389 e. The third-order valence-electron chi connectivity index (χ3n) is 3.08. The van der Waals surface area contributed by atoms with Crippen LogP contribution in [0.1, 0.15) is 62.6 Å². The number of aryl methyl sites for hydroxylation is 2. The summed E-state index contributed by atoms with van der Waals surface area (Å²) in [6.45, 7) is 9.01. The van der Waals surface area contributed by atoms with Crippen LogP contribution in [-0.4, -0.2) is 14.9 Å². The summed E-state index contributed by atoms with van der Waals surface area (Å²) in [4.78, 5) is 0. The summed E-state index contributed by atoms with van der Waals surface area (Å²) in [5.41, 5.74) is 3.07. The van der Waals surface area contributed by atoms with E-state index >= 15 is 0 Å². The van der Waals surface area contributed by atoms with Crippen LogP contribution in [0.2, 0.25) is 0 Å². The Hall–Kier alpha value is -0.830. The predicted octanol–water partition coefficient (Wildman–Crippen LogP) is 3.13. The van der Waals surface area contributed by atoms with Crippen molar-refractivity contribution in [1.82, 2.24) is 9.78 Å². The number of rotatable bonds is 6. The maximum atomic E-state index is 9.66. The molecule has 0 amide bonds. The second-order valence-corrected chi connectivity index (χ2v) is 4.54. The fourth-order valence-electron chi connectivity index (χ4n) is 2.22. The first-order valence-electron chi connectivity index (χ1n) is 6.29. The summed E-state index contributed by atoms with van der Waals surface area (Å²) < 4.78 is 2.03. The van der Waals surface area contributed by atoms with Crippen LogP contribution in [0.25, 0.3) is 0 Å². The van der Waals surface area contributed by atoms with Crippen LogP contribution in [-0.2, 0) is 6.54 Å². The Morgan fingerprint density at radius 1 is 1.25 bits per heavy atom. The topological polar surface area (TPSA) is 38.0 Å². The Morgan fingerprint density at radius 2 is 1.94 bits per heavy atom. The van der Waals surface area contributed by atoms with Crippen LogP contribution < -0.4 is 0 Å². The third-order valence-corrected chi connectivity index (χ3v) is 3.08. The first kappa shape index (κ1) is 13.2. The molecule has 1 N–H and O–H groups in total. The summed E-state index contributed by atoms with van der Waals surface area (Å²) in [6, 6.07) is 0. The van der Waals surface area contributed by atoms with E-state index in [2.05, 4.69) is 12.0 Å². The van der Waals surface area contributed by atoms with Gasteiger partial charge in [0.05, 0.1) is 11.8 Å². The maximum absolute atomic E-state index is 9.66. The van der Waals surface area contributed by atoms with Crippen molar-refractivity contribution >= 4 is 0 Å². The first-order chi connectivity index (χ1) is 7.57. The van der Waals surface area contributed by atoms with Crippen molar-refractivity contribution in [1.29, 1.82) is 0 Å². The summed E-state index contributed by atoms with van der Waals surface area (Å²) in [5.74, 6) is 0. The highest BCUT2D eigenvalue weighted by Crippen LogP contribution is 2.21. The highest BCUT2D eigenvalue weighted by Gasteiger charge is 2.14. The molecular formula is C13H24N2O. The molecule has 0 fully saturated rings. The standard InChI is InChI=1S/C13H24N2O/c1-5-6-7-8-9-15-11(3)13(12(4)16)10(2)14-15/h12,16H,5-9H2,1-4H3. The average molecular weight is 224 g/mol. The van der Waals surface area contributed by atoms with Crippen molar-refractivity contribution in [2.24, 2.45) is 0 Å². The number of unbranched alkanes of at least 4 members (excludes halogenated alkanes) is 3. The van der Waals surface area contributed by atoms with Gasteiger partial charge < -0.3 is 5.11 Å². The van der Waals surface area contributed by atoms with Gasteiger partial charge in [-0.2, -0.15) is 5.10 Å². The van der Waals surface area contributed by atoms with Gasteiger partial charge in [0.2, 0.25) is 0 Å². The molecule has 0 aliphatic carbocycles. The molecule has 0 bridgehead atoms. The molecule has 1 atom stereocenters. The van der Waals surface area contributed by atoms with Gasteiger partial charge in [0.25, 0.3) is 0 Å². The Bertz CT molecular complexity index is 329. The molecule has 92 valence electrons. The van der Waals surface area contributed by atoms with Crippen LogP contribution in [0.15, 0.2) is 0 Å². The van der Waals surface area contributed by atoms with Crippen molar-refractivity contribution in [3.8, 4) is 0 Å². The van der Waals surface area contributed by atoms with E-state index in [0.29, 0.717) is 0 Å². The number of aromatic nitrogens is 2. The molecule has 0 aliphatic heterocycles. The zero-order valence-corrected chi connectivity index (χ0v) is 11.0. The van der Waals surface area contributed by atoms with Gasteiger partial charge in [-0.1, -0.05) is 26.2 Å². The van der Waals surface area contributed by atoms with E-state index in [9.17, 15) is 5.11 Å². The van der Waals surface area contributed by atoms with Gasteiger partial charge in [-0.3, -0.25) is 4.68 Å². The predicted molar refractivity (Wildman–Crippen MR) is 66.5 cm³/mol. The van der Waals surface area contributed by atoms with E-state index in [1.165, 1.54) is 25.7 Å². The van der Waals surface area contributed by atoms with E-state index in [4.69, 9.17) is 0 Å². The van der Waals surface area contributed by atoms with Crippen LogP contribution >= 0.6 is 0 Å². The third kappa shape index (κ3) is 3.08. The van der Waals surface area contributed by atoms with E-state index in [1.807, 2.05) is 18.5 Å². The van der Waals surface area contributed by atoms with Crippen molar-refractivity contribution in [3.05, 3.63) is 17.0 Å². The molecular weight excluding hydrogens is 200 g/mol. The molecule has 0 saturated heterocycles. The smallest absolute Gasteiger partial charge is 0.0797 e. The molecule has 0 radical (unpaired) electrons. The molecule has 0 spiro atoms. The van der Waals surface area contributed by atoms with Gasteiger partial charge in [-0.15, -0.1) is 0 Å². The fourth-order valence-corrected chi connectivity index (χ4v) is 2.22. The summed E-state index contributed by atoms with van der Waals surface area (Å²) in [6.07, 6.45) is 4.58. The lowest BCUT2D eigenvalue weighted by Crippen LogP contribution is -2.03. The van der Waals surface area contributed by atoms with E-state index in [0.717, 1.165) is 23.5 Å². The first-order valence-corrected chi connectivity index (χ1v) is 6.29. The lowest BCUT2D eigenvalue weighted by Gasteiger charge is -2.06. The summed E-state index contributed by atoms with van der Waals surface area (Å²) in [5, 5.41) is 14.1. The monoisotopic (exact) mass is 224 g/mol. The lowest BCUT2D eigenvalue weighted by atomic mass is 10.1. The molecule has 1 heterocycles. The second kappa shape index (κ2) is 6.04. The zero-order valence-electron chi connectivity index (χ0n) is 11.0. The van der Waals surface area contributed by atoms with Crippen LogP contribution in [0.4, 0.5) is 0 Å². The minimum absolute atomic E-state index is 0.413. The molecule has 1 aromatic rings. The maximum Gasteiger partial charge on any atom is 0.0797 e. The van der Waals surface area contributed by atoms with Crippen molar-refractivity contribution in [3.63, 3.8) is 0 Å². The van der Waals surface area contributed by atoms with Gasteiger partial charge in [-0.05, 0) is 27.2 Å². The summed E-state index contributed by atoms with van der Waals surface area (Å²) in [7, 11) is 0.